The first-order chi connectivity index (χ1) is 7.22. The van der Waals surface area contributed by atoms with E-state index in [2.05, 4.69) is 11.9 Å². The summed E-state index contributed by atoms with van der Waals surface area (Å²) in [6, 6.07) is 0.693. The third kappa shape index (κ3) is 2.28. The van der Waals surface area contributed by atoms with Crippen molar-refractivity contribution in [3.05, 3.63) is 0 Å². The molecule has 1 amide bonds. The summed E-state index contributed by atoms with van der Waals surface area (Å²) in [7, 11) is 2.20. The Morgan fingerprint density at radius 3 is 2.93 bits per heavy atom. The first-order valence-corrected chi connectivity index (χ1v) is 6.30. The molecule has 2 aliphatic rings. The van der Waals surface area contributed by atoms with Crippen molar-refractivity contribution in [2.75, 3.05) is 32.6 Å². The standard InChI is InChI=1S/C11H19ClN2O/c1-13-5-2-3-9-8-14(11(15)7-12)6-4-10(9)13/h9-10H,2-8H2,1H3. The molecule has 0 aromatic carbocycles. The van der Waals surface area contributed by atoms with E-state index in [1.165, 1.54) is 19.4 Å². The van der Waals surface area contributed by atoms with Crippen molar-refractivity contribution >= 4 is 17.5 Å². The summed E-state index contributed by atoms with van der Waals surface area (Å²) in [4.78, 5) is 15.9. The molecule has 0 aliphatic carbocycles. The Balaban J connectivity index is 1.96. The molecule has 2 saturated heterocycles. The van der Waals surface area contributed by atoms with E-state index in [-0.39, 0.29) is 11.8 Å². The lowest BCUT2D eigenvalue weighted by molar-refractivity contribution is -0.131. The Bertz CT molecular complexity index is 247. The third-order valence-electron chi connectivity index (χ3n) is 3.81. The van der Waals surface area contributed by atoms with Crippen LogP contribution in [0.3, 0.4) is 0 Å². The Hall–Kier alpha value is -0.280. The smallest absolute Gasteiger partial charge is 0.237 e. The molecule has 2 rings (SSSR count). The van der Waals surface area contributed by atoms with Gasteiger partial charge in [0.25, 0.3) is 0 Å². The number of likely N-dealkylation sites (tertiary alicyclic amines) is 2. The van der Waals surface area contributed by atoms with Crippen molar-refractivity contribution < 1.29 is 4.79 Å². The largest absolute Gasteiger partial charge is 0.341 e. The highest BCUT2D eigenvalue weighted by Gasteiger charge is 2.35. The van der Waals surface area contributed by atoms with Crippen LogP contribution in [0.15, 0.2) is 0 Å². The van der Waals surface area contributed by atoms with Gasteiger partial charge in [0.2, 0.25) is 5.91 Å². The SMILES string of the molecule is CN1CCCC2CN(C(=O)CCl)CCC21. The van der Waals surface area contributed by atoms with Gasteiger partial charge in [0.15, 0.2) is 0 Å². The lowest BCUT2D eigenvalue weighted by atomic mass is 9.84. The maximum absolute atomic E-state index is 11.5. The fourth-order valence-electron chi connectivity index (χ4n) is 2.96. The van der Waals surface area contributed by atoms with Gasteiger partial charge in [0.1, 0.15) is 5.88 Å². The van der Waals surface area contributed by atoms with E-state index in [0.29, 0.717) is 12.0 Å². The Morgan fingerprint density at radius 2 is 2.20 bits per heavy atom. The van der Waals surface area contributed by atoms with Crippen LogP contribution in [0.2, 0.25) is 0 Å². The molecule has 4 heteroatoms. The number of hydrogen-bond donors (Lipinski definition) is 0. The van der Waals surface area contributed by atoms with Crippen LogP contribution in [0.25, 0.3) is 0 Å². The summed E-state index contributed by atoms with van der Waals surface area (Å²) in [6.07, 6.45) is 3.64. The second kappa shape index (κ2) is 4.71. The van der Waals surface area contributed by atoms with Gasteiger partial charge in [-0.05, 0) is 38.8 Å². The maximum atomic E-state index is 11.5. The van der Waals surface area contributed by atoms with E-state index in [1.807, 2.05) is 4.90 Å². The van der Waals surface area contributed by atoms with Crippen molar-refractivity contribution in [1.29, 1.82) is 0 Å². The van der Waals surface area contributed by atoms with Crippen molar-refractivity contribution in [2.24, 2.45) is 5.92 Å². The highest BCUT2D eigenvalue weighted by molar-refractivity contribution is 6.27. The average molecular weight is 231 g/mol. The minimum Gasteiger partial charge on any atom is -0.341 e. The summed E-state index contributed by atoms with van der Waals surface area (Å²) >= 11 is 5.59. The summed E-state index contributed by atoms with van der Waals surface area (Å²) in [5.41, 5.74) is 0. The van der Waals surface area contributed by atoms with E-state index >= 15 is 0 Å². The molecule has 2 atom stereocenters. The van der Waals surface area contributed by atoms with E-state index in [9.17, 15) is 4.79 Å². The van der Waals surface area contributed by atoms with Gasteiger partial charge in [-0.2, -0.15) is 0 Å². The molecule has 2 heterocycles. The summed E-state index contributed by atoms with van der Waals surface area (Å²) in [6.45, 7) is 3.02. The van der Waals surface area contributed by atoms with E-state index in [1.54, 1.807) is 0 Å². The Labute approximate surface area is 96.4 Å². The predicted molar refractivity (Wildman–Crippen MR) is 61.1 cm³/mol. The predicted octanol–water partition coefficient (Wildman–Crippen LogP) is 1.17. The Kier molecular flexibility index (Phi) is 3.52. The average Bonchev–Trinajstić information content (AvgIpc) is 2.28. The molecule has 2 aliphatic heterocycles. The lowest BCUT2D eigenvalue weighted by Gasteiger charge is -2.45. The zero-order valence-corrected chi connectivity index (χ0v) is 10.0. The number of carbonyl (C=O) groups is 1. The molecule has 2 unspecified atom stereocenters. The molecule has 2 fully saturated rings. The fraction of sp³-hybridized carbons (Fsp3) is 0.909. The first kappa shape index (κ1) is 11.2. The van der Waals surface area contributed by atoms with Crippen LogP contribution < -0.4 is 0 Å². The summed E-state index contributed by atoms with van der Waals surface area (Å²) < 4.78 is 0. The molecular formula is C11H19ClN2O. The molecule has 86 valence electrons. The summed E-state index contributed by atoms with van der Waals surface area (Å²) in [5, 5.41) is 0. The zero-order chi connectivity index (χ0) is 10.8. The van der Waals surface area contributed by atoms with E-state index in [0.717, 1.165) is 19.5 Å². The van der Waals surface area contributed by atoms with Crippen LogP contribution in [0.1, 0.15) is 19.3 Å². The van der Waals surface area contributed by atoms with Crippen LogP contribution in [0, 0.1) is 5.92 Å². The molecule has 0 saturated carbocycles. The number of hydrogen-bond acceptors (Lipinski definition) is 2. The van der Waals surface area contributed by atoms with Crippen LogP contribution in [-0.4, -0.2) is 54.3 Å². The van der Waals surface area contributed by atoms with Crippen molar-refractivity contribution in [3.63, 3.8) is 0 Å². The maximum Gasteiger partial charge on any atom is 0.237 e. The zero-order valence-electron chi connectivity index (χ0n) is 9.29. The van der Waals surface area contributed by atoms with Crippen molar-refractivity contribution in [2.45, 2.75) is 25.3 Å². The van der Waals surface area contributed by atoms with Crippen molar-refractivity contribution in [3.8, 4) is 0 Å². The Morgan fingerprint density at radius 1 is 1.40 bits per heavy atom. The second-order valence-corrected chi connectivity index (χ2v) is 4.98. The molecule has 3 nitrogen and oxygen atoms in total. The normalized spacial score (nSPS) is 32.5. The number of alkyl halides is 1. The number of halogens is 1. The number of carbonyl (C=O) groups excluding carboxylic acids is 1. The van der Waals surface area contributed by atoms with Gasteiger partial charge in [0, 0.05) is 19.1 Å². The topological polar surface area (TPSA) is 23.6 Å². The molecule has 15 heavy (non-hydrogen) atoms. The van der Waals surface area contributed by atoms with Crippen LogP contribution in [0.5, 0.6) is 0 Å². The van der Waals surface area contributed by atoms with Gasteiger partial charge in [-0.1, -0.05) is 0 Å². The second-order valence-electron chi connectivity index (χ2n) is 4.71. The molecule has 0 aromatic heterocycles. The van der Waals surface area contributed by atoms with Gasteiger partial charge in [0.05, 0.1) is 0 Å². The van der Waals surface area contributed by atoms with E-state index in [4.69, 9.17) is 11.6 Å². The quantitative estimate of drug-likeness (QED) is 0.632. The molecule has 0 radical (unpaired) electrons. The molecular weight excluding hydrogens is 212 g/mol. The third-order valence-corrected chi connectivity index (χ3v) is 4.04. The molecule has 0 N–H and O–H groups in total. The van der Waals surface area contributed by atoms with Gasteiger partial charge >= 0.3 is 0 Å². The monoisotopic (exact) mass is 230 g/mol. The number of piperidine rings is 2. The van der Waals surface area contributed by atoms with Gasteiger partial charge in [-0.25, -0.2) is 0 Å². The molecule has 0 bridgehead atoms. The summed E-state index contributed by atoms with van der Waals surface area (Å²) in [5.74, 6) is 0.903. The van der Waals surface area contributed by atoms with Crippen LogP contribution >= 0.6 is 11.6 Å². The highest BCUT2D eigenvalue weighted by atomic mass is 35.5. The van der Waals surface area contributed by atoms with Crippen LogP contribution in [-0.2, 0) is 4.79 Å². The first-order valence-electron chi connectivity index (χ1n) is 5.76. The molecule has 0 spiro atoms. The minimum absolute atomic E-state index is 0.100. The van der Waals surface area contributed by atoms with E-state index < -0.39 is 0 Å². The number of nitrogens with zero attached hydrogens (tertiary/aromatic N) is 2. The number of rotatable bonds is 1. The molecule has 0 aromatic rings. The lowest BCUT2D eigenvalue weighted by Crippen LogP contribution is -2.54. The minimum atomic E-state index is 0.100. The van der Waals surface area contributed by atoms with Gasteiger partial charge in [-0.15, -0.1) is 11.6 Å². The van der Waals surface area contributed by atoms with Gasteiger partial charge in [-0.3, -0.25) is 4.79 Å². The van der Waals surface area contributed by atoms with Crippen LogP contribution in [0.4, 0.5) is 0 Å². The van der Waals surface area contributed by atoms with Gasteiger partial charge < -0.3 is 9.80 Å². The van der Waals surface area contributed by atoms with Crippen molar-refractivity contribution in [1.82, 2.24) is 9.80 Å². The number of amides is 1. The highest BCUT2D eigenvalue weighted by Crippen LogP contribution is 2.29. The number of fused-ring (bicyclic) bond motifs is 1. The fourth-order valence-corrected chi connectivity index (χ4v) is 3.13.